The van der Waals surface area contributed by atoms with Gasteiger partial charge in [0, 0.05) is 5.69 Å². The van der Waals surface area contributed by atoms with E-state index >= 15 is 0 Å². The number of hydrogen-bond donors (Lipinski definition) is 2. The zero-order valence-electron chi connectivity index (χ0n) is 10.9. The molecule has 1 aliphatic heterocycles. The third-order valence-corrected chi connectivity index (χ3v) is 4.55. The SMILES string of the molecule is NS(=O)(=O)c1cccc(C2CCc3ccccc3N2)c1. The maximum atomic E-state index is 11.4. The lowest BCUT2D eigenvalue weighted by molar-refractivity contribution is 0.597. The molecule has 0 saturated carbocycles. The molecular formula is C15H16N2O2S. The Morgan fingerprint density at radius 3 is 2.70 bits per heavy atom. The standard InChI is InChI=1S/C15H16N2O2S/c16-20(18,19)13-6-3-5-12(10-13)15-9-8-11-4-1-2-7-14(11)17-15/h1-7,10,15,17H,8-9H2,(H2,16,18,19). The molecule has 4 nitrogen and oxygen atoms in total. The van der Waals surface area contributed by atoms with E-state index < -0.39 is 10.0 Å². The van der Waals surface area contributed by atoms with Gasteiger partial charge in [-0.2, -0.15) is 0 Å². The number of nitrogens with two attached hydrogens (primary N) is 1. The maximum Gasteiger partial charge on any atom is 0.238 e. The molecule has 104 valence electrons. The maximum absolute atomic E-state index is 11.4. The van der Waals surface area contributed by atoms with Crippen LogP contribution in [0.3, 0.4) is 0 Å². The first-order chi connectivity index (χ1) is 9.54. The number of hydrogen-bond acceptors (Lipinski definition) is 3. The monoisotopic (exact) mass is 288 g/mol. The lowest BCUT2D eigenvalue weighted by atomic mass is 9.93. The highest BCUT2D eigenvalue weighted by atomic mass is 32.2. The number of anilines is 1. The topological polar surface area (TPSA) is 72.2 Å². The number of benzene rings is 2. The van der Waals surface area contributed by atoms with E-state index in [0.29, 0.717) is 0 Å². The average Bonchev–Trinajstić information content (AvgIpc) is 2.46. The first-order valence-electron chi connectivity index (χ1n) is 6.51. The van der Waals surface area contributed by atoms with E-state index in [4.69, 9.17) is 5.14 Å². The molecule has 3 N–H and O–H groups in total. The van der Waals surface area contributed by atoms with Gasteiger partial charge in [-0.25, -0.2) is 13.6 Å². The van der Waals surface area contributed by atoms with Gasteiger partial charge in [0.2, 0.25) is 10.0 Å². The van der Waals surface area contributed by atoms with Crippen LogP contribution in [0.2, 0.25) is 0 Å². The molecule has 2 aromatic rings. The van der Waals surface area contributed by atoms with E-state index in [2.05, 4.69) is 11.4 Å². The van der Waals surface area contributed by atoms with E-state index in [1.807, 2.05) is 24.3 Å². The van der Waals surface area contributed by atoms with Crippen LogP contribution < -0.4 is 10.5 Å². The van der Waals surface area contributed by atoms with Crippen molar-refractivity contribution in [2.75, 3.05) is 5.32 Å². The average molecular weight is 288 g/mol. The molecule has 0 aromatic heterocycles. The minimum atomic E-state index is -3.65. The van der Waals surface area contributed by atoms with Crippen molar-refractivity contribution < 1.29 is 8.42 Å². The summed E-state index contributed by atoms with van der Waals surface area (Å²) in [5.41, 5.74) is 3.36. The van der Waals surface area contributed by atoms with Crippen LogP contribution in [0, 0.1) is 0 Å². The Labute approximate surface area is 118 Å². The Hall–Kier alpha value is -1.85. The van der Waals surface area contributed by atoms with Crippen LogP contribution in [0.1, 0.15) is 23.6 Å². The van der Waals surface area contributed by atoms with Crippen LogP contribution in [0.15, 0.2) is 53.4 Å². The predicted molar refractivity (Wildman–Crippen MR) is 78.9 cm³/mol. The Morgan fingerprint density at radius 1 is 1.10 bits per heavy atom. The summed E-state index contributed by atoms with van der Waals surface area (Å²) in [6.45, 7) is 0. The summed E-state index contributed by atoms with van der Waals surface area (Å²) in [5, 5.41) is 8.64. The predicted octanol–water partition coefficient (Wildman–Crippen LogP) is 2.43. The zero-order chi connectivity index (χ0) is 14.2. The number of fused-ring (bicyclic) bond motifs is 1. The third kappa shape index (κ3) is 2.55. The summed E-state index contributed by atoms with van der Waals surface area (Å²) in [5.74, 6) is 0. The normalized spacial score (nSPS) is 18.1. The summed E-state index contributed by atoms with van der Waals surface area (Å²) in [7, 11) is -3.65. The molecule has 1 heterocycles. The fourth-order valence-corrected chi connectivity index (χ4v) is 3.17. The van der Waals surface area contributed by atoms with E-state index in [9.17, 15) is 8.42 Å². The van der Waals surface area contributed by atoms with Crippen molar-refractivity contribution >= 4 is 15.7 Å². The zero-order valence-corrected chi connectivity index (χ0v) is 11.7. The second-order valence-electron chi connectivity index (χ2n) is 5.01. The molecular weight excluding hydrogens is 272 g/mol. The van der Waals surface area contributed by atoms with Gasteiger partial charge in [-0.05, 0) is 42.2 Å². The number of rotatable bonds is 2. The largest absolute Gasteiger partial charge is 0.378 e. The van der Waals surface area contributed by atoms with Crippen molar-refractivity contribution in [3.05, 3.63) is 59.7 Å². The molecule has 1 aliphatic rings. The fraction of sp³-hybridized carbons (Fsp3) is 0.200. The van der Waals surface area contributed by atoms with Gasteiger partial charge < -0.3 is 5.32 Å². The number of aryl methyl sites for hydroxylation is 1. The molecule has 0 radical (unpaired) electrons. The van der Waals surface area contributed by atoms with Gasteiger partial charge in [-0.15, -0.1) is 0 Å². The van der Waals surface area contributed by atoms with E-state index in [0.717, 1.165) is 24.1 Å². The quantitative estimate of drug-likeness (QED) is 0.891. The molecule has 0 aliphatic carbocycles. The van der Waals surface area contributed by atoms with Gasteiger partial charge in [0.05, 0.1) is 10.9 Å². The third-order valence-electron chi connectivity index (χ3n) is 3.64. The van der Waals surface area contributed by atoms with Gasteiger partial charge in [-0.1, -0.05) is 30.3 Å². The summed E-state index contributed by atoms with van der Waals surface area (Å²) in [6.07, 6.45) is 1.92. The van der Waals surface area contributed by atoms with Crippen molar-refractivity contribution in [2.45, 2.75) is 23.8 Å². The molecule has 0 amide bonds. The van der Waals surface area contributed by atoms with Crippen LogP contribution in [0.5, 0.6) is 0 Å². The molecule has 0 fully saturated rings. The first-order valence-corrected chi connectivity index (χ1v) is 8.06. The van der Waals surface area contributed by atoms with Gasteiger partial charge in [-0.3, -0.25) is 0 Å². The molecule has 20 heavy (non-hydrogen) atoms. The summed E-state index contributed by atoms with van der Waals surface area (Å²) in [4.78, 5) is 0.163. The summed E-state index contributed by atoms with van der Waals surface area (Å²) < 4.78 is 22.8. The van der Waals surface area contributed by atoms with E-state index in [1.54, 1.807) is 12.1 Å². The van der Waals surface area contributed by atoms with Crippen LogP contribution in [0.4, 0.5) is 5.69 Å². The molecule has 0 saturated heterocycles. The summed E-state index contributed by atoms with van der Waals surface area (Å²) in [6, 6.07) is 15.1. The fourth-order valence-electron chi connectivity index (χ4n) is 2.60. The van der Waals surface area contributed by atoms with Crippen LogP contribution >= 0.6 is 0 Å². The number of sulfonamides is 1. The molecule has 5 heteroatoms. The van der Waals surface area contributed by atoms with Crippen LogP contribution in [0.25, 0.3) is 0 Å². The molecule has 0 bridgehead atoms. The van der Waals surface area contributed by atoms with Gasteiger partial charge in [0.15, 0.2) is 0 Å². The van der Waals surface area contributed by atoms with Crippen LogP contribution in [-0.2, 0) is 16.4 Å². The minimum Gasteiger partial charge on any atom is -0.378 e. The Bertz CT molecular complexity index is 741. The highest BCUT2D eigenvalue weighted by molar-refractivity contribution is 7.89. The minimum absolute atomic E-state index is 0.117. The van der Waals surface area contributed by atoms with Crippen molar-refractivity contribution in [3.8, 4) is 0 Å². The lowest BCUT2D eigenvalue weighted by Crippen LogP contribution is -2.19. The highest BCUT2D eigenvalue weighted by Crippen LogP contribution is 2.32. The Balaban J connectivity index is 1.92. The summed E-state index contributed by atoms with van der Waals surface area (Å²) >= 11 is 0. The first kappa shape index (κ1) is 13.1. The van der Waals surface area contributed by atoms with Crippen molar-refractivity contribution in [1.82, 2.24) is 0 Å². The van der Waals surface area contributed by atoms with E-state index in [-0.39, 0.29) is 10.9 Å². The van der Waals surface area contributed by atoms with Crippen LogP contribution in [-0.4, -0.2) is 8.42 Å². The molecule has 0 spiro atoms. The molecule has 2 aromatic carbocycles. The van der Waals surface area contributed by atoms with E-state index in [1.165, 1.54) is 11.6 Å². The second-order valence-corrected chi connectivity index (χ2v) is 6.57. The van der Waals surface area contributed by atoms with Crippen molar-refractivity contribution in [3.63, 3.8) is 0 Å². The smallest absolute Gasteiger partial charge is 0.238 e. The van der Waals surface area contributed by atoms with Gasteiger partial charge >= 0.3 is 0 Å². The highest BCUT2D eigenvalue weighted by Gasteiger charge is 2.20. The second kappa shape index (κ2) is 4.92. The Morgan fingerprint density at radius 2 is 1.90 bits per heavy atom. The van der Waals surface area contributed by atoms with Gasteiger partial charge in [0.1, 0.15) is 0 Å². The number of nitrogens with one attached hydrogen (secondary N) is 1. The Kier molecular flexibility index (Phi) is 3.23. The molecule has 1 unspecified atom stereocenters. The molecule has 3 rings (SSSR count). The number of primary sulfonamides is 1. The molecule has 1 atom stereocenters. The lowest BCUT2D eigenvalue weighted by Gasteiger charge is -2.27. The number of para-hydroxylation sites is 1. The van der Waals surface area contributed by atoms with Crippen molar-refractivity contribution in [1.29, 1.82) is 0 Å². The van der Waals surface area contributed by atoms with Gasteiger partial charge in [0.25, 0.3) is 0 Å². The van der Waals surface area contributed by atoms with Crippen molar-refractivity contribution in [2.24, 2.45) is 5.14 Å².